The molecule has 0 aliphatic carbocycles. The summed E-state index contributed by atoms with van der Waals surface area (Å²) in [6.07, 6.45) is 4.06. The van der Waals surface area contributed by atoms with Crippen LogP contribution in [0.4, 0.5) is 0 Å². The van der Waals surface area contributed by atoms with E-state index in [1.165, 1.54) is 4.80 Å². The van der Waals surface area contributed by atoms with Crippen molar-refractivity contribution in [3.05, 3.63) is 65.8 Å². The lowest BCUT2D eigenvalue weighted by molar-refractivity contribution is 0.0728. The van der Waals surface area contributed by atoms with Crippen LogP contribution in [0.15, 0.2) is 53.2 Å². The summed E-state index contributed by atoms with van der Waals surface area (Å²) < 4.78 is 5.88. The molecule has 9 nitrogen and oxygen atoms in total. The predicted molar refractivity (Wildman–Crippen MR) is 102 cm³/mol. The average Bonchev–Trinajstić information content (AvgIpc) is 3.39. The summed E-state index contributed by atoms with van der Waals surface area (Å²) in [5.74, 6) is 1.86. The summed E-state index contributed by atoms with van der Waals surface area (Å²) in [5.41, 5.74) is 3.04. The summed E-state index contributed by atoms with van der Waals surface area (Å²) >= 11 is 0. The minimum atomic E-state index is -0.0415. The molecule has 1 amide bonds. The molecule has 0 bridgehead atoms. The molecular weight excluding hydrogens is 370 g/mol. The van der Waals surface area contributed by atoms with Gasteiger partial charge in [0.1, 0.15) is 11.5 Å². The highest BCUT2D eigenvalue weighted by Gasteiger charge is 2.26. The quantitative estimate of drug-likeness (QED) is 0.530. The van der Waals surface area contributed by atoms with Gasteiger partial charge in [-0.2, -0.15) is 4.80 Å². The van der Waals surface area contributed by atoms with E-state index in [1.807, 2.05) is 24.3 Å². The van der Waals surface area contributed by atoms with Crippen molar-refractivity contribution in [1.29, 1.82) is 0 Å². The van der Waals surface area contributed by atoms with Crippen LogP contribution in [0.1, 0.15) is 21.8 Å². The Hall–Kier alpha value is -3.88. The molecule has 9 heteroatoms. The number of tetrazole rings is 1. The lowest BCUT2D eigenvalue weighted by Gasteiger charge is -2.25. The largest absolute Gasteiger partial charge is 0.441 e. The van der Waals surface area contributed by atoms with Gasteiger partial charge in [-0.1, -0.05) is 12.1 Å². The number of nitrogens with zero attached hydrogens (tertiary/aromatic N) is 7. The molecule has 0 atom stereocenters. The summed E-state index contributed by atoms with van der Waals surface area (Å²) in [5, 5.41) is 12.0. The molecule has 29 heavy (non-hydrogen) atoms. The molecular formula is C20H17N7O2. The molecule has 0 unspecified atom stereocenters. The third-order valence-electron chi connectivity index (χ3n) is 4.82. The average molecular weight is 387 g/mol. The summed E-state index contributed by atoms with van der Waals surface area (Å²) in [4.78, 5) is 24.8. The molecule has 4 heterocycles. The van der Waals surface area contributed by atoms with Gasteiger partial charge in [-0.05, 0) is 29.5 Å². The summed E-state index contributed by atoms with van der Waals surface area (Å²) in [7, 11) is 1.71. The summed E-state index contributed by atoms with van der Waals surface area (Å²) in [6, 6.07) is 11.0. The first-order valence-corrected chi connectivity index (χ1v) is 9.20. The molecule has 5 rings (SSSR count). The zero-order valence-corrected chi connectivity index (χ0v) is 15.7. The van der Waals surface area contributed by atoms with Gasteiger partial charge < -0.3 is 9.32 Å². The second-order valence-electron chi connectivity index (χ2n) is 6.79. The number of aromatic nitrogens is 6. The topological polar surface area (TPSA) is 103 Å². The molecule has 1 aromatic carbocycles. The molecule has 1 aliphatic heterocycles. The highest BCUT2D eigenvalue weighted by Crippen LogP contribution is 2.26. The first-order chi connectivity index (χ1) is 14.2. The molecule has 0 fully saturated rings. The van der Waals surface area contributed by atoms with E-state index in [0.717, 1.165) is 22.6 Å². The van der Waals surface area contributed by atoms with Gasteiger partial charge in [-0.25, -0.2) is 4.98 Å². The van der Waals surface area contributed by atoms with Crippen LogP contribution in [0.2, 0.25) is 0 Å². The molecule has 0 N–H and O–H groups in total. The number of amides is 1. The zero-order chi connectivity index (χ0) is 19.8. The van der Waals surface area contributed by atoms with Crippen molar-refractivity contribution >= 4 is 5.91 Å². The molecule has 3 aromatic heterocycles. The van der Waals surface area contributed by atoms with Gasteiger partial charge in [-0.3, -0.25) is 9.78 Å². The lowest BCUT2D eigenvalue weighted by Crippen LogP contribution is -2.35. The molecule has 0 saturated carbocycles. The number of aryl methyl sites for hydroxylation is 1. The molecule has 1 aliphatic rings. The Morgan fingerprint density at radius 1 is 1.14 bits per heavy atom. The Bertz CT molecular complexity index is 1170. The minimum Gasteiger partial charge on any atom is -0.441 e. The smallest absolute Gasteiger partial charge is 0.254 e. The number of benzene rings is 1. The Labute approximate surface area is 166 Å². The second-order valence-corrected chi connectivity index (χ2v) is 6.79. The fourth-order valence-electron chi connectivity index (χ4n) is 3.33. The van der Waals surface area contributed by atoms with Gasteiger partial charge in [0.15, 0.2) is 0 Å². The van der Waals surface area contributed by atoms with Crippen LogP contribution in [-0.2, 0) is 20.0 Å². The molecule has 0 saturated heterocycles. The standard InChI is InChI=1S/C20H17N7O2/c1-26-24-18(23-25-26)13-4-6-14(7-5-13)20(28)27-10-8-17-16(12-27)22-19(29-17)15-3-2-9-21-11-15/h2-7,9,11H,8,10,12H2,1H3. The normalized spacial score (nSPS) is 13.3. The van der Waals surface area contributed by atoms with Gasteiger partial charge in [0.25, 0.3) is 5.91 Å². The van der Waals surface area contributed by atoms with Crippen LogP contribution < -0.4 is 0 Å². The minimum absolute atomic E-state index is 0.0415. The number of oxazole rings is 1. The van der Waals surface area contributed by atoms with Crippen LogP contribution in [0, 0.1) is 0 Å². The van der Waals surface area contributed by atoms with Crippen LogP contribution >= 0.6 is 0 Å². The third kappa shape index (κ3) is 3.27. The van der Waals surface area contributed by atoms with Gasteiger partial charge in [0.05, 0.1) is 19.2 Å². The summed E-state index contributed by atoms with van der Waals surface area (Å²) in [6.45, 7) is 1.01. The number of pyridine rings is 1. The van der Waals surface area contributed by atoms with E-state index in [1.54, 1.807) is 36.5 Å². The Morgan fingerprint density at radius 3 is 2.72 bits per heavy atom. The molecule has 0 radical (unpaired) electrons. The van der Waals surface area contributed by atoms with Crippen molar-refractivity contribution in [3.8, 4) is 22.8 Å². The van der Waals surface area contributed by atoms with Crippen molar-refractivity contribution in [2.45, 2.75) is 13.0 Å². The number of carbonyl (C=O) groups excluding carboxylic acids is 1. The maximum absolute atomic E-state index is 12.9. The monoisotopic (exact) mass is 387 g/mol. The second kappa shape index (κ2) is 6.93. The molecule has 144 valence electrons. The predicted octanol–water partition coefficient (Wildman–Crippen LogP) is 2.13. The molecule has 0 spiro atoms. The van der Waals surface area contributed by atoms with Gasteiger partial charge in [-0.15, -0.1) is 10.2 Å². The highest BCUT2D eigenvalue weighted by atomic mass is 16.4. The van der Waals surface area contributed by atoms with Crippen molar-refractivity contribution in [3.63, 3.8) is 0 Å². The number of carbonyl (C=O) groups is 1. The Balaban J connectivity index is 1.33. The van der Waals surface area contributed by atoms with E-state index in [-0.39, 0.29) is 5.91 Å². The number of hydrogen-bond donors (Lipinski definition) is 0. The number of hydrogen-bond acceptors (Lipinski definition) is 7. The maximum atomic E-state index is 12.9. The number of rotatable bonds is 3. The molecule has 4 aromatic rings. The van der Waals surface area contributed by atoms with Gasteiger partial charge in [0.2, 0.25) is 11.7 Å². The first-order valence-electron chi connectivity index (χ1n) is 9.20. The van der Waals surface area contributed by atoms with Crippen molar-refractivity contribution in [2.24, 2.45) is 7.05 Å². The van der Waals surface area contributed by atoms with Gasteiger partial charge in [0, 0.05) is 36.5 Å². The highest BCUT2D eigenvalue weighted by molar-refractivity contribution is 5.94. The zero-order valence-electron chi connectivity index (χ0n) is 15.7. The van der Waals surface area contributed by atoms with E-state index in [9.17, 15) is 4.79 Å². The Kier molecular flexibility index (Phi) is 4.12. The number of fused-ring (bicyclic) bond motifs is 1. The first kappa shape index (κ1) is 17.2. The van der Waals surface area contributed by atoms with Crippen LogP contribution in [0.5, 0.6) is 0 Å². The maximum Gasteiger partial charge on any atom is 0.254 e. The van der Waals surface area contributed by atoms with Crippen LogP contribution in [0.25, 0.3) is 22.8 Å². The van der Waals surface area contributed by atoms with E-state index in [2.05, 4.69) is 25.4 Å². The SMILES string of the molecule is Cn1nnc(-c2ccc(C(=O)N3CCc4oc(-c5cccnc5)nc4C3)cc2)n1. The third-order valence-corrected chi connectivity index (χ3v) is 4.82. The Morgan fingerprint density at radius 2 is 2.00 bits per heavy atom. The van der Waals surface area contributed by atoms with E-state index < -0.39 is 0 Å². The van der Waals surface area contributed by atoms with Crippen molar-refractivity contribution in [2.75, 3.05) is 6.54 Å². The lowest BCUT2D eigenvalue weighted by atomic mass is 10.1. The fraction of sp³-hybridized carbons (Fsp3) is 0.200. The van der Waals surface area contributed by atoms with Gasteiger partial charge >= 0.3 is 0 Å². The van der Waals surface area contributed by atoms with Crippen LogP contribution in [-0.4, -0.2) is 47.5 Å². The van der Waals surface area contributed by atoms with E-state index in [4.69, 9.17) is 4.42 Å². The van der Waals surface area contributed by atoms with Crippen LogP contribution in [0.3, 0.4) is 0 Å². The van der Waals surface area contributed by atoms with Crippen molar-refractivity contribution in [1.82, 2.24) is 35.1 Å². The van der Waals surface area contributed by atoms with Crippen molar-refractivity contribution < 1.29 is 9.21 Å². The fourth-order valence-corrected chi connectivity index (χ4v) is 3.33. The van der Waals surface area contributed by atoms with E-state index >= 15 is 0 Å². The van der Waals surface area contributed by atoms with E-state index in [0.29, 0.717) is 36.8 Å².